The molecule has 25 heavy (non-hydrogen) atoms. The van der Waals surface area contributed by atoms with E-state index in [1.54, 1.807) is 44.5 Å². The van der Waals surface area contributed by atoms with Gasteiger partial charge in [0, 0.05) is 33.9 Å². The molecular formula is C16H28IN3O4S. The standard InChI is InChI=1S/C16H27N3O4S.HI/c1-17-16(18-9-6-11-23-13-12-22-2)19-10-14-24(20,21)15-7-4-3-5-8-15;/h3-5,7-8H,6,9-14H2,1-2H3,(H2,17,18,19);1H. The molecule has 144 valence electrons. The van der Waals surface area contributed by atoms with Gasteiger partial charge >= 0.3 is 0 Å². The highest BCUT2D eigenvalue weighted by molar-refractivity contribution is 14.0. The first-order valence-corrected chi connectivity index (χ1v) is 9.54. The van der Waals surface area contributed by atoms with Crippen molar-refractivity contribution in [3.63, 3.8) is 0 Å². The maximum Gasteiger partial charge on any atom is 0.191 e. The Labute approximate surface area is 167 Å². The van der Waals surface area contributed by atoms with Gasteiger partial charge in [-0.2, -0.15) is 0 Å². The van der Waals surface area contributed by atoms with Gasteiger partial charge in [0.05, 0.1) is 23.9 Å². The van der Waals surface area contributed by atoms with Gasteiger partial charge in [0.25, 0.3) is 0 Å². The highest BCUT2D eigenvalue weighted by atomic mass is 127. The van der Waals surface area contributed by atoms with Crippen LogP contribution in [0, 0.1) is 0 Å². The summed E-state index contributed by atoms with van der Waals surface area (Å²) in [4.78, 5) is 4.40. The quantitative estimate of drug-likeness (QED) is 0.213. The SMILES string of the molecule is CN=C(NCCCOCCOC)NCCS(=O)(=O)c1ccccc1.I. The number of hydrogen-bond acceptors (Lipinski definition) is 5. The maximum absolute atomic E-state index is 12.2. The summed E-state index contributed by atoms with van der Waals surface area (Å²) in [6, 6.07) is 8.44. The number of aliphatic imine (C=N–C) groups is 1. The first-order valence-electron chi connectivity index (χ1n) is 7.89. The van der Waals surface area contributed by atoms with Crippen LogP contribution in [-0.4, -0.2) is 67.2 Å². The van der Waals surface area contributed by atoms with Crippen LogP contribution in [-0.2, 0) is 19.3 Å². The van der Waals surface area contributed by atoms with Gasteiger partial charge in [0.15, 0.2) is 15.8 Å². The van der Waals surface area contributed by atoms with E-state index in [0.717, 1.165) is 6.42 Å². The molecule has 9 heteroatoms. The van der Waals surface area contributed by atoms with Crippen molar-refractivity contribution in [2.45, 2.75) is 11.3 Å². The molecule has 0 amide bonds. The Bertz CT molecular complexity index is 582. The Kier molecular flexibility index (Phi) is 13.8. The Morgan fingerprint density at radius 1 is 1.08 bits per heavy atom. The van der Waals surface area contributed by atoms with E-state index in [1.807, 2.05) is 0 Å². The summed E-state index contributed by atoms with van der Waals surface area (Å²) in [5.74, 6) is 0.591. The van der Waals surface area contributed by atoms with E-state index in [1.165, 1.54) is 0 Å². The minimum Gasteiger partial charge on any atom is -0.382 e. The number of methoxy groups -OCH3 is 1. The average Bonchev–Trinajstić information content (AvgIpc) is 2.60. The summed E-state index contributed by atoms with van der Waals surface area (Å²) in [5, 5.41) is 6.12. The summed E-state index contributed by atoms with van der Waals surface area (Å²) < 4.78 is 34.6. The first kappa shape index (κ1) is 24.1. The van der Waals surface area contributed by atoms with Crippen molar-refractivity contribution in [1.82, 2.24) is 10.6 Å². The van der Waals surface area contributed by atoms with Gasteiger partial charge in [-0.05, 0) is 18.6 Å². The lowest BCUT2D eigenvalue weighted by atomic mass is 10.4. The molecule has 0 heterocycles. The second kappa shape index (κ2) is 14.3. The number of nitrogens with zero attached hydrogens (tertiary/aromatic N) is 1. The second-order valence-corrected chi connectivity index (χ2v) is 7.13. The highest BCUT2D eigenvalue weighted by Crippen LogP contribution is 2.09. The lowest BCUT2D eigenvalue weighted by Gasteiger charge is -2.12. The van der Waals surface area contributed by atoms with Crippen LogP contribution >= 0.6 is 24.0 Å². The average molecular weight is 485 g/mol. The Morgan fingerprint density at radius 3 is 2.40 bits per heavy atom. The molecule has 0 atom stereocenters. The van der Waals surface area contributed by atoms with Crippen LogP contribution in [0.1, 0.15) is 6.42 Å². The highest BCUT2D eigenvalue weighted by Gasteiger charge is 2.13. The lowest BCUT2D eigenvalue weighted by Crippen LogP contribution is -2.40. The number of sulfone groups is 1. The monoisotopic (exact) mass is 485 g/mol. The van der Waals surface area contributed by atoms with E-state index >= 15 is 0 Å². The molecule has 1 aromatic rings. The van der Waals surface area contributed by atoms with Crippen molar-refractivity contribution in [3.8, 4) is 0 Å². The topological polar surface area (TPSA) is 89.0 Å². The molecule has 0 spiro atoms. The number of halogens is 1. The fourth-order valence-corrected chi connectivity index (χ4v) is 3.07. The molecule has 0 aromatic heterocycles. The number of rotatable bonds is 11. The van der Waals surface area contributed by atoms with E-state index in [4.69, 9.17) is 9.47 Å². The molecule has 0 aliphatic heterocycles. The molecule has 0 aliphatic rings. The molecule has 0 aliphatic carbocycles. The fourth-order valence-electron chi connectivity index (χ4n) is 1.90. The van der Waals surface area contributed by atoms with Gasteiger partial charge in [-0.15, -0.1) is 24.0 Å². The van der Waals surface area contributed by atoms with Gasteiger partial charge in [0.2, 0.25) is 0 Å². The van der Waals surface area contributed by atoms with Crippen LogP contribution in [0.2, 0.25) is 0 Å². The number of ether oxygens (including phenoxy) is 2. The van der Waals surface area contributed by atoms with Crippen molar-refractivity contribution in [1.29, 1.82) is 0 Å². The summed E-state index contributed by atoms with van der Waals surface area (Å²) in [7, 11) is 0.00710. The van der Waals surface area contributed by atoms with Crippen LogP contribution in [0.3, 0.4) is 0 Å². The first-order chi connectivity index (χ1) is 11.6. The molecule has 2 N–H and O–H groups in total. The summed E-state index contributed by atoms with van der Waals surface area (Å²) in [6.45, 7) is 2.79. The molecule has 7 nitrogen and oxygen atoms in total. The van der Waals surface area contributed by atoms with E-state index in [9.17, 15) is 8.42 Å². The largest absolute Gasteiger partial charge is 0.382 e. The van der Waals surface area contributed by atoms with Crippen LogP contribution in [0.4, 0.5) is 0 Å². The zero-order chi connectivity index (χ0) is 17.7. The molecule has 1 aromatic carbocycles. The Morgan fingerprint density at radius 2 is 1.76 bits per heavy atom. The van der Waals surface area contributed by atoms with Gasteiger partial charge < -0.3 is 20.1 Å². The van der Waals surface area contributed by atoms with Crippen molar-refractivity contribution >= 4 is 39.8 Å². The van der Waals surface area contributed by atoms with E-state index < -0.39 is 9.84 Å². The summed E-state index contributed by atoms with van der Waals surface area (Å²) >= 11 is 0. The molecule has 0 unspecified atom stereocenters. The number of nitrogens with one attached hydrogen (secondary N) is 2. The zero-order valence-electron chi connectivity index (χ0n) is 14.7. The molecule has 0 fully saturated rings. The summed E-state index contributed by atoms with van der Waals surface area (Å²) in [6.07, 6.45) is 0.826. The predicted molar refractivity (Wildman–Crippen MR) is 111 cm³/mol. The van der Waals surface area contributed by atoms with Gasteiger partial charge in [0.1, 0.15) is 0 Å². The van der Waals surface area contributed by atoms with Gasteiger partial charge in [-0.3, -0.25) is 4.99 Å². The van der Waals surface area contributed by atoms with E-state index in [0.29, 0.717) is 43.8 Å². The maximum atomic E-state index is 12.2. The molecule has 0 saturated carbocycles. The third kappa shape index (κ3) is 10.6. The van der Waals surface area contributed by atoms with Crippen LogP contribution < -0.4 is 10.6 Å². The third-order valence-electron chi connectivity index (χ3n) is 3.18. The van der Waals surface area contributed by atoms with Crippen molar-refractivity contribution in [3.05, 3.63) is 30.3 Å². The van der Waals surface area contributed by atoms with Crippen molar-refractivity contribution < 1.29 is 17.9 Å². The number of benzene rings is 1. The minimum atomic E-state index is -3.28. The van der Waals surface area contributed by atoms with E-state index in [2.05, 4.69) is 15.6 Å². The van der Waals surface area contributed by atoms with Crippen LogP contribution in [0.5, 0.6) is 0 Å². The lowest BCUT2D eigenvalue weighted by molar-refractivity contribution is 0.0698. The summed E-state index contributed by atoms with van der Waals surface area (Å²) in [5.41, 5.74) is 0. The smallest absolute Gasteiger partial charge is 0.191 e. The fraction of sp³-hybridized carbons (Fsp3) is 0.562. The Hall–Kier alpha value is -0.910. The molecule has 1 rings (SSSR count). The number of hydrogen-bond donors (Lipinski definition) is 2. The van der Waals surface area contributed by atoms with Crippen molar-refractivity contribution in [2.75, 3.05) is 52.8 Å². The molecule has 0 bridgehead atoms. The zero-order valence-corrected chi connectivity index (χ0v) is 17.9. The third-order valence-corrected chi connectivity index (χ3v) is 4.91. The van der Waals surface area contributed by atoms with Crippen LogP contribution in [0.15, 0.2) is 40.2 Å². The number of guanidine groups is 1. The molecule has 0 saturated heterocycles. The molecule has 0 radical (unpaired) electrons. The Balaban J connectivity index is 0.00000576. The predicted octanol–water partition coefficient (Wildman–Crippen LogP) is 1.30. The minimum absolute atomic E-state index is 0. The van der Waals surface area contributed by atoms with E-state index in [-0.39, 0.29) is 29.7 Å². The normalized spacial score (nSPS) is 11.7. The van der Waals surface area contributed by atoms with Crippen molar-refractivity contribution in [2.24, 2.45) is 4.99 Å². The van der Waals surface area contributed by atoms with Crippen LogP contribution in [0.25, 0.3) is 0 Å². The second-order valence-electron chi connectivity index (χ2n) is 5.02. The molecular weight excluding hydrogens is 457 g/mol. The van der Waals surface area contributed by atoms with Gasteiger partial charge in [-0.1, -0.05) is 18.2 Å². The van der Waals surface area contributed by atoms with Gasteiger partial charge in [-0.25, -0.2) is 8.42 Å².